The van der Waals surface area contributed by atoms with Crippen molar-refractivity contribution >= 4 is 58.6 Å². The molecule has 1 unspecified atom stereocenters. The first-order valence-corrected chi connectivity index (χ1v) is 13.6. The lowest BCUT2D eigenvalue weighted by atomic mass is 9.94. The number of aliphatic carboxylic acids is 2. The van der Waals surface area contributed by atoms with Gasteiger partial charge in [0.05, 0.1) is 6.61 Å². The van der Waals surface area contributed by atoms with E-state index in [1.807, 2.05) is 0 Å². The molecule has 208 valence electrons. The Morgan fingerprint density at radius 3 is 2.44 bits per heavy atom. The largest absolute Gasteiger partial charge is 0.504 e. The number of ether oxygens (including phenoxy) is 1. The number of fused-ring (bicyclic) bond motifs is 1. The molecule has 2 aromatic rings. The molecule has 3 atom stereocenters. The molecule has 7 N–H and O–H groups in total. The number of methoxy groups -OCH3 is 1. The van der Waals surface area contributed by atoms with Crippen molar-refractivity contribution in [3.05, 3.63) is 34.0 Å². The van der Waals surface area contributed by atoms with E-state index in [0.29, 0.717) is 14.9 Å². The van der Waals surface area contributed by atoms with Gasteiger partial charge in [-0.2, -0.15) is 0 Å². The predicted octanol–water partition coefficient (Wildman–Crippen LogP) is -0.180. The number of phenols is 3. The number of aromatic nitrogens is 2. The second-order valence-electron chi connectivity index (χ2n) is 8.11. The summed E-state index contributed by atoms with van der Waals surface area (Å²) in [4.78, 5) is 51.5. The third-order valence-corrected chi connectivity index (χ3v) is 9.33. The van der Waals surface area contributed by atoms with Gasteiger partial charge in [0.15, 0.2) is 27.5 Å². The van der Waals surface area contributed by atoms with Crippen LogP contribution in [0.3, 0.4) is 0 Å². The van der Waals surface area contributed by atoms with Crippen molar-refractivity contribution in [2.75, 3.05) is 18.6 Å². The molecular formula is C21H20N4O11S3. The van der Waals surface area contributed by atoms with Gasteiger partial charge < -0.3 is 40.7 Å². The molecule has 3 heterocycles. The van der Waals surface area contributed by atoms with Gasteiger partial charge in [0.2, 0.25) is 5.91 Å². The van der Waals surface area contributed by atoms with Crippen molar-refractivity contribution in [2.24, 2.45) is 0 Å². The second-order valence-corrected chi connectivity index (χ2v) is 11.5. The molecule has 2 aliphatic rings. The number of carboxylic acid groups (broad SMARTS) is 2. The van der Waals surface area contributed by atoms with Crippen LogP contribution in [-0.2, 0) is 30.5 Å². The number of thioether (sulfide) groups is 2. The highest BCUT2D eigenvalue weighted by atomic mass is 32.2. The number of hydrogen-bond acceptors (Lipinski definition) is 14. The smallest absolute Gasteiger partial charge is 0.352 e. The standard InChI is InChI=1S/C21H20N4O11S3/c1-36-21(22-15(30)12(16(31)32)7-2-9(27)14(29)10(28)3-7)18(35)25-13(17(33)34)8(5-37-19(21)25)6-38-20-24-23-11(4-26)39-20/h2-3,12,19,26-29H,4-6H2,1H3,(H,22,30)(H,31,32)(H,33,34)/t12?,19-,21-/m0/s1. The summed E-state index contributed by atoms with van der Waals surface area (Å²) < 4.78 is 5.82. The number of aliphatic hydroxyl groups is 1. The average Bonchev–Trinajstić information content (AvgIpc) is 3.36. The van der Waals surface area contributed by atoms with Gasteiger partial charge in [0.1, 0.15) is 16.1 Å². The van der Waals surface area contributed by atoms with E-state index < -0.39 is 63.6 Å². The van der Waals surface area contributed by atoms with Gasteiger partial charge in [0.25, 0.3) is 11.6 Å². The fourth-order valence-corrected chi connectivity index (χ4v) is 7.35. The van der Waals surface area contributed by atoms with Gasteiger partial charge in [-0.05, 0) is 23.3 Å². The lowest BCUT2D eigenvalue weighted by Gasteiger charge is -2.56. The van der Waals surface area contributed by atoms with Crippen LogP contribution >= 0.6 is 34.9 Å². The molecule has 2 aliphatic heterocycles. The van der Waals surface area contributed by atoms with E-state index in [9.17, 15) is 44.7 Å². The molecule has 0 spiro atoms. The Kier molecular flexibility index (Phi) is 7.94. The predicted molar refractivity (Wildman–Crippen MR) is 134 cm³/mol. The zero-order valence-electron chi connectivity index (χ0n) is 19.7. The van der Waals surface area contributed by atoms with E-state index in [0.717, 1.165) is 47.2 Å². The third-order valence-electron chi connectivity index (χ3n) is 5.83. The van der Waals surface area contributed by atoms with Crippen LogP contribution in [0.25, 0.3) is 0 Å². The van der Waals surface area contributed by atoms with E-state index in [-0.39, 0.29) is 23.8 Å². The summed E-state index contributed by atoms with van der Waals surface area (Å²) in [5.41, 5.74) is -2.43. The topological polar surface area (TPSA) is 240 Å². The zero-order valence-corrected chi connectivity index (χ0v) is 22.2. The maximum atomic E-state index is 13.3. The number of amides is 2. The van der Waals surface area contributed by atoms with Crippen LogP contribution in [0.15, 0.2) is 27.7 Å². The van der Waals surface area contributed by atoms with Crippen molar-refractivity contribution in [1.82, 2.24) is 20.4 Å². The van der Waals surface area contributed by atoms with Crippen LogP contribution in [-0.4, -0.2) is 99.2 Å². The van der Waals surface area contributed by atoms with Crippen LogP contribution in [0, 0.1) is 0 Å². The molecule has 0 saturated carbocycles. The Morgan fingerprint density at radius 2 is 1.90 bits per heavy atom. The van der Waals surface area contributed by atoms with Gasteiger partial charge in [0, 0.05) is 18.6 Å². The normalized spacial score (nSPS) is 21.2. The van der Waals surface area contributed by atoms with E-state index in [4.69, 9.17) is 9.84 Å². The minimum absolute atomic E-state index is 0.123. The summed E-state index contributed by atoms with van der Waals surface area (Å²) in [5, 5.41) is 67.1. The minimum Gasteiger partial charge on any atom is -0.504 e. The summed E-state index contributed by atoms with van der Waals surface area (Å²) in [7, 11) is 1.09. The van der Waals surface area contributed by atoms with Gasteiger partial charge in [-0.1, -0.05) is 23.1 Å². The summed E-state index contributed by atoms with van der Waals surface area (Å²) in [5.74, 6) is -9.73. The molecule has 18 heteroatoms. The Bertz CT molecular complexity index is 1370. The Labute approximate surface area is 231 Å². The van der Waals surface area contributed by atoms with Gasteiger partial charge in [-0.3, -0.25) is 19.3 Å². The SMILES string of the molecule is CO[C@@]1(NC(=O)C(C(=O)O)c2cc(O)c(O)c(O)c2)C(=O)N2C(C(=O)O)=C(CSc3nnc(CO)s3)CS[C@H]21. The van der Waals surface area contributed by atoms with E-state index in [1.165, 1.54) is 11.8 Å². The number of rotatable bonds is 10. The van der Waals surface area contributed by atoms with Gasteiger partial charge in [-0.25, -0.2) is 4.79 Å². The Balaban J connectivity index is 1.59. The highest BCUT2D eigenvalue weighted by molar-refractivity contribution is 8.01. The van der Waals surface area contributed by atoms with E-state index in [1.54, 1.807) is 0 Å². The minimum atomic E-state index is -2.11. The first kappa shape index (κ1) is 28.4. The lowest BCUT2D eigenvalue weighted by Crippen LogP contribution is -2.81. The fourth-order valence-electron chi connectivity index (χ4n) is 4.02. The number of aromatic hydroxyl groups is 3. The number of carboxylic acids is 2. The number of nitrogens with one attached hydrogen (secondary N) is 1. The number of hydrogen-bond donors (Lipinski definition) is 7. The highest BCUT2D eigenvalue weighted by Crippen LogP contribution is 2.48. The van der Waals surface area contributed by atoms with Crippen molar-refractivity contribution < 1.29 is 54.6 Å². The number of β-lactam (4-membered cyclic amide) rings is 1. The summed E-state index contributed by atoms with van der Waals surface area (Å²) in [6, 6.07) is 1.54. The number of phenolic OH excluding ortho intramolecular Hbond substituents is 3. The van der Waals surface area contributed by atoms with E-state index in [2.05, 4.69) is 15.5 Å². The molecule has 0 bridgehead atoms. The van der Waals surface area contributed by atoms with E-state index >= 15 is 0 Å². The number of aliphatic hydroxyl groups excluding tert-OH is 1. The third kappa shape index (κ3) is 4.96. The molecular weight excluding hydrogens is 580 g/mol. The molecule has 0 aliphatic carbocycles. The average molecular weight is 601 g/mol. The van der Waals surface area contributed by atoms with Crippen molar-refractivity contribution in [2.45, 2.75) is 28.0 Å². The molecule has 2 amide bonds. The monoisotopic (exact) mass is 600 g/mol. The first-order chi connectivity index (χ1) is 18.4. The molecule has 1 aromatic heterocycles. The molecule has 1 saturated heterocycles. The molecule has 4 rings (SSSR count). The maximum Gasteiger partial charge on any atom is 0.352 e. The summed E-state index contributed by atoms with van der Waals surface area (Å²) in [6.07, 6.45) is 0. The molecule has 1 fully saturated rings. The number of carbonyl (C=O) groups excluding carboxylic acids is 2. The number of carbonyl (C=O) groups is 4. The van der Waals surface area contributed by atoms with Crippen LogP contribution in [0.1, 0.15) is 16.5 Å². The van der Waals surface area contributed by atoms with Crippen LogP contribution in [0.4, 0.5) is 0 Å². The summed E-state index contributed by atoms with van der Waals surface area (Å²) >= 11 is 3.39. The Morgan fingerprint density at radius 1 is 1.23 bits per heavy atom. The van der Waals surface area contributed by atoms with Crippen molar-refractivity contribution in [1.29, 1.82) is 0 Å². The maximum absolute atomic E-state index is 13.3. The summed E-state index contributed by atoms with van der Waals surface area (Å²) in [6.45, 7) is -0.288. The van der Waals surface area contributed by atoms with Gasteiger partial charge >= 0.3 is 11.9 Å². The fraction of sp³-hybridized carbons (Fsp3) is 0.333. The molecule has 0 radical (unpaired) electrons. The highest BCUT2D eigenvalue weighted by Gasteiger charge is 2.67. The van der Waals surface area contributed by atoms with Crippen molar-refractivity contribution in [3.63, 3.8) is 0 Å². The molecule has 15 nitrogen and oxygen atoms in total. The van der Waals surface area contributed by atoms with Crippen molar-refractivity contribution in [3.8, 4) is 17.2 Å². The lowest BCUT2D eigenvalue weighted by molar-refractivity contribution is -0.193. The number of benzene rings is 1. The van der Waals surface area contributed by atoms with Crippen LogP contribution in [0.2, 0.25) is 0 Å². The molecule has 1 aromatic carbocycles. The molecule has 39 heavy (non-hydrogen) atoms. The Hall–Kier alpha value is -3.58. The second kappa shape index (κ2) is 10.9. The first-order valence-electron chi connectivity index (χ1n) is 10.8. The number of nitrogens with zero attached hydrogens (tertiary/aromatic N) is 3. The van der Waals surface area contributed by atoms with Crippen LogP contribution < -0.4 is 5.32 Å². The quantitative estimate of drug-likeness (QED) is 0.0615. The zero-order chi connectivity index (χ0) is 28.6. The van der Waals surface area contributed by atoms with Crippen LogP contribution in [0.5, 0.6) is 17.2 Å². The van der Waals surface area contributed by atoms with Gasteiger partial charge in [-0.15, -0.1) is 22.0 Å².